The Kier molecular flexibility index (Phi) is 6.28. The molecule has 0 aliphatic heterocycles. The maximum atomic E-state index is 11.9. The highest BCUT2D eigenvalue weighted by Crippen LogP contribution is 2.21. The summed E-state index contributed by atoms with van der Waals surface area (Å²) in [6, 6.07) is 9.73. The Hall–Kier alpha value is -0.430. The van der Waals surface area contributed by atoms with Gasteiger partial charge in [-0.05, 0) is 5.56 Å². The first-order chi connectivity index (χ1) is 8.51. The summed E-state index contributed by atoms with van der Waals surface area (Å²) in [5, 5.41) is 0. The van der Waals surface area contributed by atoms with Crippen LogP contribution in [0.2, 0.25) is 0 Å². The molecule has 0 aliphatic carbocycles. The predicted octanol–water partition coefficient (Wildman–Crippen LogP) is 2.30. The van der Waals surface area contributed by atoms with Gasteiger partial charge in [0.25, 0.3) is 10.2 Å². The first kappa shape index (κ1) is 15.6. The van der Waals surface area contributed by atoms with Gasteiger partial charge in [-0.3, -0.25) is 0 Å². The van der Waals surface area contributed by atoms with Crippen molar-refractivity contribution in [1.82, 2.24) is 9.03 Å². The number of rotatable bonds is 7. The summed E-state index contributed by atoms with van der Waals surface area (Å²) in [4.78, 5) is -0.0240. The van der Waals surface area contributed by atoms with E-state index in [1.54, 1.807) is 0 Å². The van der Waals surface area contributed by atoms with Crippen LogP contribution < -0.4 is 4.72 Å². The molecule has 6 heteroatoms. The molecule has 0 spiro atoms. The Bertz CT molecular complexity index is 446. The van der Waals surface area contributed by atoms with Crippen LogP contribution in [-0.2, 0) is 10.2 Å². The zero-order valence-electron chi connectivity index (χ0n) is 10.6. The van der Waals surface area contributed by atoms with Crippen molar-refractivity contribution in [2.45, 2.75) is 18.7 Å². The number of hydrogen-bond donors (Lipinski definition) is 1. The summed E-state index contributed by atoms with van der Waals surface area (Å²) in [5.74, 6) is 0. The average molecular weight is 335 g/mol. The standard InChI is InChI=1S/C12H19BrN2O2S/c1-3-15(4-2)18(16,17)14-10-12(13)11-8-6-5-7-9-11/h5-9,12,14H,3-4,10H2,1-2H3. The van der Waals surface area contributed by atoms with Crippen LogP contribution in [-0.4, -0.2) is 32.4 Å². The number of nitrogens with one attached hydrogen (secondary N) is 1. The number of benzene rings is 1. The van der Waals surface area contributed by atoms with Gasteiger partial charge in [-0.25, -0.2) is 4.72 Å². The summed E-state index contributed by atoms with van der Waals surface area (Å²) in [6.07, 6.45) is 0. The first-order valence-corrected chi connectivity index (χ1v) is 8.30. The SMILES string of the molecule is CCN(CC)S(=O)(=O)NCC(Br)c1ccccc1. The summed E-state index contributed by atoms with van der Waals surface area (Å²) < 4.78 is 27.9. The normalized spacial score (nSPS) is 13.8. The third-order valence-electron chi connectivity index (χ3n) is 2.65. The van der Waals surface area contributed by atoms with Crippen molar-refractivity contribution in [2.75, 3.05) is 19.6 Å². The summed E-state index contributed by atoms with van der Waals surface area (Å²) in [6.45, 7) is 4.94. The Morgan fingerprint density at radius 3 is 2.28 bits per heavy atom. The van der Waals surface area contributed by atoms with Crippen LogP contribution in [0.1, 0.15) is 24.2 Å². The van der Waals surface area contributed by atoms with Crippen LogP contribution in [0.15, 0.2) is 30.3 Å². The van der Waals surface area contributed by atoms with Crippen molar-refractivity contribution >= 4 is 26.1 Å². The number of hydrogen-bond acceptors (Lipinski definition) is 2. The maximum absolute atomic E-state index is 11.9. The molecule has 1 atom stereocenters. The van der Waals surface area contributed by atoms with E-state index in [0.717, 1.165) is 5.56 Å². The lowest BCUT2D eigenvalue weighted by Crippen LogP contribution is -2.41. The highest BCUT2D eigenvalue weighted by Gasteiger charge is 2.19. The Labute approximate surface area is 118 Å². The topological polar surface area (TPSA) is 49.4 Å². The van der Waals surface area contributed by atoms with Crippen molar-refractivity contribution < 1.29 is 8.42 Å². The van der Waals surface area contributed by atoms with Crippen molar-refractivity contribution in [2.24, 2.45) is 0 Å². The fourth-order valence-electron chi connectivity index (χ4n) is 1.61. The Morgan fingerprint density at radius 2 is 1.78 bits per heavy atom. The Balaban J connectivity index is 2.60. The zero-order chi connectivity index (χ0) is 13.6. The number of alkyl halides is 1. The van der Waals surface area contributed by atoms with Gasteiger partial charge in [-0.1, -0.05) is 60.1 Å². The molecular weight excluding hydrogens is 316 g/mol. The minimum atomic E-state index is -3.37. The van der Waals surface area contributed by atoms with E-state index in [0.29, 0.717) is 19.6 Å². The van der Waals surface area contributed by atoms with Gasteiger partial charge in [0.1, 0.15) is 0 Å². The molecule has 0 saturated heterocycles. The molecule has 1 N–H and O–H groups in total. The molecule has 102 valence electrons. The highest BCUT2D eigenvalue weighted by molar-refractivity contribution is 9.09. The van der Waals surface area contributed by atoms with E-state index < -0.39 is 10.2 Å². The molecule has 1 rings (SSSR count). The van der Waals surface area contributed by atoms with E-state index in [1.807, 2.05) is 44.2 Å². The summed E-state index contributed by atoms with van der Waals surface area (Å²) in [7, 11) is -3.37. The van der Waals surface area contributed by atoms with Crippen LogP contribution in [0.25, 0.3) is 0 Å². The van der Waals surface area contributed by atoms with Crippen molar-refractivity contribution in [3.8, 4) is 0 Å². The first-order valence-electron chi connectivity index (χ1n) is 5.95. The molecule has 1 unspecified atom stereocenters. The van der Waals surface area contributed by atoms with Gasteiger partial charge in [0.15, 0.2) is 0 Å². The fraction of sp³-hybridized carbons (Fsp3) is 0.500. The second kappa shape index (κ2) is 7.23. The van der Waals surface area contributed by atoms with Gasteiger partial charge in [0.2, 0.25) is 0 Å². The molecule has 0 heterocycles. The largest absolute Gasteiger partial charge is 0.279 e. The summed E-state index contributed by atoms with van der Waals surface area (Å²) >= 11 is 3.49. The molecular formula is C12H19BrN2O2S. The van der Waals surface area contributed by atoms with Gasteiger partial charge in [-0.2, -0.15) is 12.7 Å². The van der Waals surface area contributed by atoms with Crippen LogP contribution in [0.4, 0.5) is 0 Å². The number of nitrogens with zero attached hydrogens (tertiary/aromatic N) is 1. The lowest BCUT2D eigenvalue weighted by molar-refractivity contribution is 0.435. The molecule has 0 amide bonds. The molecule has 4 nitrogen and oxygen atoms in total. The van der Waals surface area contributed by atoms with E-state index >= 15 is 0 Å². The molecule has 0 aliphatic rings. The molecule has 0 bridgehead atoms. The fourth-order valence-corrected chi connectivity index (χ4v) is 3.53. The van der Waals surface area contributed by atoms with Gasteiger partial charge in [0, 0.05) is 19.6 Å². The van der Waals surface area contributed by atoms with Gasteiger partial charge >= 0.3 is 0 Å². The predicted molar refractivity (Wildman–Crippen MR) is 78.0 cm³/mol. The second-order valence-electron chi connectivity index (χ2n) is 3.82. The van der Waals surface area contributed by atoms with E-state index in [-0.39, 0.29) is 4.83 Å². The lowest BCUT2D eigenvalue weighted by atomic mass is 10.2. The minimum Gasteiger partial charge on any atom is -0.201 e. The van der Waals surface area contributed by atoms with E-state index in [4.69, 9.17) is 0 Å². The van der Waals surface area contributed by atoms with E-state index in [1.165, 1.54) is 4.31 Å². The minimum absolute atomic E-state index is 0.0240. The smallest absolute Gasteiger partial charge is 0.201 e. The molecule has 0 fully saturated rings. The average Bonchev–Trinajstić information content (AvgIpc) is 2.38. The third-order valence-corrected chi connectivity index (χ3v) is 5.23. The van der Waals surface area contributed by atoms with Gasteiger partial charge < -0.3 is 0 Å². The van der Waals surface area contributed by atoms with E-state index in [2.05, 4.69) is 20.7 Å². The zero-order valence-corrected chi connectivity index (χ0v) is 13.0. The third kappa shape index (κ3) is 4.35. The second-order valence-corrected chi connectivity index (χ2v) is 6.68. The molecule has 0 saturated carbocycles. The van der Waals surface area contributed by atoms with E-state index in [9.17, 15) is 8.42 Å². The van der Waals surface area contributed by atoms with Crippen LogP contribution in [0.3, 0.4) is 0 Å². The van der Waals surface area contributed by atoms with Crippen molar-refractivity contribution in [1.29, 1.82) is 0 Å². The van der Waals surface area contributed by atoms with Gasteiger partial charge in [-0.15, -0.1) is 0 Å². The Morgan fingerprint density at radius 1 is 1.22 bits per heavy atom. The van der Waals surface area contributed by atoms with Gasteiger partial charge in [0.05, 0.1) is 4.83 Å². The molecule has 0 aromatic heterocycles. The number of halogens is 1. The molecule has 0 radical (unpaired) electrons. The van der Waals surface area contributed by atoms with Crippen LogP contribution in [0.5, 0.6) is 0 Å². The van der Waals surface area contributed by atoms with Crippen LogP contribution in [0, 0.1) is 0 Å². The highest BCUT2D eigenvalue weighted by atomic mass is 79.9. The molecule has 18 heavy (non-hydrogen) atoms. The van der Waals surface area contributed by atoms with Crippen LogP contribution >= 0.6 is 15.9 Å². The quantitative estimate of drug-likeness (QED) is 0.778. The molecule has 1 aromatic rings. The monoisotopic (exact) mass is 334 g/mol. The molecule has 1 aromatic carbocycles. The summed E-state index contributed by atoms with van der Waals surface area (Å²) in [5.41, 5.74) is 1.06. The lowest BCUT2D eigenvalue weighted by Gasteiger charge is -2.20. The van der Waals surface area contributed by atoms with Crippen molar-refractivity contribution in [3.05, 3.63) is 35.9 Å². The maximum Gasteiger partial charge on any atom is 0.279 e. The van der Waals surface area contributed by atoms with Crippen molar-refractivity contribution in [3.63, 3.8) is 0 Å².